The Labute approximate surface area is 122 Å². The molecule has 1 saturated heterocycles. The SMILES string of the molecule is Nc1ccc(Cl)cc1NC(=O)CCN1CCNC(=O)C1. The molecule has 1 aliphatic heterocycles. The molecule has 1 heterocycles. The van der Waals surface area contributed by atoms with Crippen LogP contribution in [0.4, 0.5) is 11.4 Å². The normalized spacial score (nSPS) is 15.8. The first-order chi connectivity index (χ1) is 9.54. The standard InChI is InChI=1S/C13H17ClN4O2/c14-9-1-2-10(15)11(7-9)17-12(19)3-5-18-6-4-16-13(20)8-18/h1-2,7H,3-6,8,15H2,(H,16,20)(H,17,19). The van der Waals surface area contributed by atoms with E-state index in [1.54, 1.807) is 18.2 Å². The van der Waals surface area contributed by atoms with Crippen LogP contribution >= 0.6 is 11.6 Å². The molecule has 1 aromatic carbocycles. The molecule has 1 fully saturated rings. The predicted octanol–water partition coefficient (Wildman–Crippen LogP) is 0.683. The molecule has 6 nitrogen and oxygen atoms in total. The van der Waals surface area contributed by atoms with E-state index in [2.05, 4.69) is 10.6 Å². The number of carbonyl (C=O) groups is 2. The zero-order chi connectivity index (χ0) is 14.5. The van der Waals surface area contributed by atoms with Gasteiger partial charge in [-0.1, -0.05) is 11.6 Å². The van der Waals surface area contributed by atoms with Crippen LogP contribution in [0.5, 0.6) is 0 Å². The second-order valence-corrected chi connectivity index (χ2v) is 5.09. The van der Waals surface area contributed by atoms with E-state index in [9.17, 15) is 9.59 Å². The average molecular weight is 297 g/mol. The van der Waals surface area contributed by atoms with E-state index in [-0.39, 0.29) is 11.8 Å². The fourth-order valence-electron chi connectivity index (χ4n) is 1.99. The summed E-state index contributed by atoms with van der Waals surface area (Å²) in [4.78, 5) is 25.0. The molecule has 7 heteroatoms. The summed E-state index contributed by atoms with van der Waals surface area (Å²) in [5.74, 6) is -0.152. The number of carbonyl (C=O) groups excluding carboxylic acids is 2. The molecule has 0 aromatic heterocycles. The Morgan fingerprint density at radius 1 is 1.50 bits per heavy atom. The van der Waals surface area contributed by atoms with Gasteiger partial charge in [-0.05, 0) is 18.2 Å². The summed E-state index contributed by atoms with van der Waals surface area (Å²) in [5.41, 5.74) is 6.74. The van der Waals surface area contributed by atoms with E-state index in [1.165, 1.54) is 0 Å². The molecule has 108 valence electrons. The quantitative estimate of drug-likeness (QED) is 0.713. The van der Waals surface area contributed by atoms with E-state index in [1.807, 2.05) is 4.90 Å². The smallest absolute Gasteiger partial charge is 0.234 e. The van der Waals surface area contributed by atoms with Crippen LogP contribution in [0.15, 0.2) is 18.2 Å². The lowest BCUT2D eigenvalue weighted by Gasteiger charge is -2.26. The zero-order valence-electron chi connectivity index (χ0n) is 11.0. The van der Waals surface area contributed by atoms with E-state index in [0.29, 0.717) is 42.5 Å². The van der Waals surface area contributed by atoms with Gasteiger partial charge in [0.25, 0.3) is 0 Å². The van der Waals surface area contributed by atoms with Gasteiger partial charge in [0.1, 0.15) is 0 Å². The molecule has 2 rings (SSSR count). The number of rotatable bonds is 4. The molecule has 0 radical (unpaired) electrons. The molecular weight excluding hydrogens is 280 g/mol. The number of nitrogen functional groups attached to an aromatic ring is 1. The highest BCUT2D eigenvalue weighted by Crippen LogP contribution is 2.22. The summed E-state index contributed by atoms with van der Waals surface area (Å²) in [5, 5.41) is 5.98. The Kier molecular flexibility index (Phi) is 4.81. The first-order valence-electron chi connectivity index (χ1n) is 6.38. The molecule has 0 spiro atoms. The van der Waals surface area contributed by atoms with Crippen molar-refractivity contribution in [2.75, 3.05) is 37.2 Å². The van der Waals surface area contributed by atoms with Crippen molar-refractivity contribution in [1.82, 2.24) is 10.2 Å². The minimum Gasteiger partial charge on any atom is -0.397 e. The van der Waals surface area contributed by atoms with Crippen molar-refractivity contribution in [3.63, 3.8) is 0 Å². The molecule has 4 N–H and O–H groups in total. The Hall–Kier alpha value is -1.79. The molecular formula is C13H17ClN4O2. The highest BCUT2D eigenvalue weighted by atomic mass is 35.5. The van der Waals surface area contributed by atoms with Gasteiger partial charge in [-0.3, -0.25) is 14.5 Å². The molecule has 1 aromatic rings. The summed E-state index contributed by atoms with van der Waals surface area (Å²) in [7, 11) is 0. The van der Waals surface area contributed by atoms with Crippen LogP contribution in [-0.4, -0.2) is 42.9 Å². The van der Waals surface area contributed by atoms with Crippen LogP contribution in [0, 0.1) is 0 Å². The second-order valence-electron chi connectivity index (χ2n) is 4.66. The summed E-state index contributed by atoms with van der Waals surface area (Å²) in [6, 6.07) is 4.93. The molecule has 0 bridgehead atoms. The highest BCUT2D eigenvalue weighted by molar-refractivity contribution is 6.31. The van der Waals surface area contributed by atoms with Crippen molar-refractivity contribution in [3.8, 4) is 0 Å². The first kappa shape index (κ1) is 14.6. The van der Waals surface area contributed by atoms with Crippen LogP contribution in [0.3, 0.4) is 0 Å². The molecule has 0 atom stereocenters. The van der Waals surface area contributed by atoms with Gasteiger partial charge in [0, 0.05) is 31.1 Å². The molecule has 1 aliphatic rings. The van der Waals surface area contributed by atoms with Crippen molar-refractivity contribution in [2.24, 2.45) is 0 Å². The van der Waals surface area contributed by atoms with Crippen molar-refractivity contribution in [3.05, 3.63) is 23.2 Å². The van der Waals surface area contributed by atoms with Gasteiger partial charge in [-0.25, -0.2) is 0 Å². The van der Waals surface area contributed by atoms with Crippen LogP contribution in [0.1, 0.15) is 6.42 Å². The van der Waals surface area contributed by atoms with Crippen molar-refractivity contribution in [1.29, 1.82) is 0 Å². The predicted molar refractivity (Wildman–Crippen MR) is 78.6 cm³/mol. The van der Waals surface area contributed by atoms with E-state index >= 15 is 0 Å². The van der Waals surface area contributed by atoms with Crippen molar-refractivity contribution in [2.45, 2.75) is 6.42 Å². The second kappa shape index (κ2) is 6.58. The number of piperazine rings is 1. The van der Waals surface area contributed by atoms with Crippen molar-refractivity contribution < 1.29 is 9.59 Å². The van der Waals surface area contributed by atoms with Crippen molar-refractivity contribution >= 4 is 34.8 Å². The molecule has 2 amide bonds. The number of hydrogen-bond acceptors (Lipinski definition) is 4. The third-order valence-electron chi connectivity index (χ3n) is 3.06. The van der Waals surface area contributed by atoms with Gasteiger partial charge in [0.2, 0.25) is 11.8 Å². The lowest BCUT2D eigenvalue weighted by Crippen LogP contribution is -2.48. The van der Waals surface area contributed by atoms with E-state index < -0.39 is 0 Å². The van der Waals surface area contributed by atoms with Gasteiger partial charge < -0.3 is 16.4 Å². The number of hydrogen-bond donors (Lipinski definition) is 3. The Bertz CT molecular complexity index is 521. The fraction of sp³-hybridized carbons (Fsp3) is 0.385. The van der Waals surface area contributed by atoms with Gasteiger partial charge >= 0.3 is 0 Å². The Morgan fingerprint density at radius 3 is 3.05 bits per heavy atom. The van der Waals surface area contributed by atoms with E-state index in [0.717, 1.165) is 6.54 Å². The van der Waals surface area contributed by atoms with Crippen LogP contribution in [-0.2, 0) is 9.59 Å². The minimum atomic E-state index is -0.148. The number of benzene rings is 1. The number of nitrogens with two attached hydrogens (primary N) is 1. The maximum atomic E-state index is 11.9. The van der Waals surface area contributed by atoms with Gasteiger partial charge in [0.15, 0.2) is 0 Å². The number of halogens is 1. The summed E-state index contributed by atoms with van der Waals surface area (Å²) >= 11 is 5.86. The number of nitrogens with one attached hydrogen (secondary N) is 2. The number of nitrogens with zero attached hydrogens (tertiary/aromatic N) is 1. The van der Waals surface area contributed by atoms with Gasteiger partial charge in [-0.2, -0.15) is 0 Å². The first-order valence-corrected chi connectivity index (χ1v) is 6.76. The lowest BCUT2D eigenvalue weighted by atomic mass is 10.2. The fourth-order valence-corrected chi connectivity index (χ4v) is 2.16. The summed E-state index contributed by atoms with van der Waals surface area (Å²) in [6.07, 6.45) is 0.305. The molecule has 20 heavy (non-hydrogen) atoms. The third kappa shape index (κ3) is 4.11. The highest BCUT2D eigenvalue weighted by Gasteiger charge is 2.16. The number of amides is 2. The maximum Gasteiger partial charge on any atom is 0.234 e. The Balaban J connectivity index is 1.83. The van der Waals surface area contributed by atoms with Gasteiger partial charge in [-0.15, -0.1) is 0 Å². The summed E-state index contributed by atoms with van der Waals surface area (Å²) < 4.78 is 0. The van der Waals surface area contributed by atoms with Crippen LogP contribution in [0.2, 0.25) is 5.02 Å². The van der Waals surface area contributed by atoms with Crippen LogP contribution in [0.25, 0.3) is 0 Å². The maximum absolute atomic E-state index is 11.9. The Morgan fingerprint density at radius 2 is 2.30 bits per heavy atom. The molecule has 0 saturated carbocycles. The minimum absolute atomic E-state index is 0.00394. The monoisotopic (exact) mass is 296 g/mol. The van der Waals surface area contributed by atoms with E-state index in [4.69, 9.17) is 17.3 Å². The lowest BCUT2D eigenvalue weighted by molar-refractivity contribution is -0.125. The molecule has 0 aliphatic carbocycles. The van der Waals surface area contributed by atoms with Crippen LogP contribution < -0.4 is 16.4 Å². The van der Waals surface area contributed by atoms with Gasteiger partial charge in [0.05, 0.1) is 17.9 Å². The zero-order valence-corrected chi connectivity index (χ0v) is 11.7. The third-order valence-corrected chi connectivity index (χ3v) is 3.30. The largest absolute Gasteiger partial charge is 0.397 e. The average Bonchev–Trinajstić information content (AvgIpc) is 2.41. The molecule has 0 unspecified atom stereocenters. The topological polar surface area (TPSA) is 87.5 Å². The number of anilines is 2. The summed E-state index contributed by atoms with van der Waals surface area (Å²) in [6.45, 7) is 2.27.